The van der Waals surface area contributed by atoms with Crippen LogP contribution in [0.15, 0.2) is 30.3 Å². The molecule has 20 heavy (non-hydrogen) atoms. The third-order valence-corrected chi connectivity index (χ3v) is 3.81. The summed E-state index contributed by atoms with van der Waals surface area (Å²) >= 11 is 0. The molecule has 0 radical (unpaired) electrons. The minimum atomic E-state index is -1.40. The average Bonchev–Trinajstić information content (AvgIpc) is 2.95. The Kier molecular flexibility index (Phi) is 5.31. The number of ketones is 1. The van der Waals surface area contributed by atoms with Gasteiger partial charge in [0.15, 0.2) is 5.78 Å². The molecule has 1 aliphatic rings. The number of hydrogen-bond donors (Lipinski definition) is 4. The predicted molar refractivity (Wildman–Crippen MR) is 78.0 cm³/mol. The van der Waals surface area contributed by atoms with Crippen LogP contribution in [0.1, 0.15) is 31.4 Å². The molecular weight excluding hydrogens is 255 g/mol. The van der Waals surface area contributed by atoms with Crippen LogP contribution < -0.4 is 10.6 Å². The second kappa shape index (κ2) is 6.99. The topological polar surface area (TPSA) is 81.6 Å². The van der Waals surface area contributed by atoms with Crippen LogP contribution in [0.3, 0.4) is 0 Å². The zero-order chi connectivity index (χ0) is 14.5. The Labute approximate surface area is 119 Å². The summed E-state index contributed by atoms with van der Waals surface area (Å²) in [7, 11) is -1.40. The van der Waals surface area contributed by atoms with E-state index in [-0.39, 0.29) is 24.4 Å². The molecule has 108 valence electrons. The number of carbonyl (C=O) groups excluding carboxylic acids is 1. The lowest BCUT2D eigenvalue weighted by atomic mass is 9.79. The summed E-state index contributed by atoms with van der Waals surface area (Å²) in [5.41, 5.74) is 1.14. The van der Waals surface area contributed by atoms with Crippen LogP contribution in [0.2, 0.25) is 0 Å². The Balaban J connectivity index is 1.78. The number of rotatable bonds is 6. The van der Waals surface area contributed by atoms with E-state index in [9.17, 15) is 4.79 Å². The highest BCUT2D eigenvalue weighted by Crippen LogP contribution is 2.15. The maximum absolute atomic E-state index is 12.1. The van der Waals surface area contributed by atoms with E-state index >= 15 is 0 Å². The van der Waals surface area contributed by atoms with E-state index in [0.29, 0.717) is 12.8 Å². The van der Waals surface area contributed by atoms with Crippen molar-refractivity contribution in [3.05, 3.63) is 35.9 Å². The Morgan fingerprint density at radius 1 is 1.40 bits per heavy atom. The van der Waals surface area contributed by atoms with E-state index in [1.165, 1.54) is 0 Å². The van der Waals surface area contributed by atoms with Gasteiger partial charge in [0.05, 0.1) is 12.6 Å². The zero-order valence-electron chi connectivity index (χ0n) is 11.6. The molecule has 1 heterocycles. The predicted octanol–water partition coefficient (Wildman–Crippen LogP) is 0.0389. The van der Waals surface area contributed by atoms with E-state index in [1.54, 1.807) is 0 Å². The minimum Gasteiger partial charge on any atom is -0.426 e. The summed E-state index contributed by atoms with van der Waals surface area (Å²) in [6.45, 7) is 2.30. The largest absolute Gasteiger partial charge is 0.469 e. The van der Waals surface area contributed by atoms with Crippen LogP contribution in [0.25, 0.3) is 0 Å². The SMILES string of the molecule is C[C@@H](NCC(=O)C1CC[C@H](B(O)O)N1)c1ccccc1. The van der Waals surface area contributed by atoms with E-state index in [4.69, 9.17) is 10.0 Å². The highest BCUT2D eigenvalue weighted by molar-refractivity contribution is 6.43. The number of nitrogens with one attached hydrogen (secondary N) is 2. The molecule has 2 rings (SSSR count). The van der Waals surface area contributed by atoms with Gasteiger partial charge < -0.3 is 20.7 Å². The minimum absolute atomic E-state index is 0.0657. The lowest BCUT2D eigenvalue weighted by molar-refractivity contribution is -0.120. The van der Waals surface area contributed by atoms with Crippen LogP contribution in [0.4, 0.5) is 0 Å². The third kappa shape index (κ3) is 3.90. The van der Waals surface area contributed by atoms with E-state index in [2.05, 4.69) is 10.6 Å². The molecular formula is C14H21BN2O3. The second-order valence-electron chi connectivity index (χ2n) is 5.30. The molecule has 0 spiro atoms. The molecule has 5 nitrogen and oxygen atoms in total. The Morgan fingerprint density at radius 2 is 2.10 bits per heavy atom. The summed E-state index contributed by atoms with van der Waals surface area (Å²) in [6.07, 6.45) is 1.27. The second-order valence-corrected chi connectivity index (χ2v) is 5.30. The molecule has 4 N–H and O–H groups in total. The van der Waals surface area contributed by atoms with Crippen molar-refractivity contribution >= 4 is 12.9 Å². The van der Waals surface area contributed by atoms with Gasteiger partial charge in [-0.05, 0) is 25.3 Å². The molecule has 1 unspecified atom stereocenters. The number of hydrogen-bond acceptors (Lipinski definition) is 5. The average molecular weight is 276 g/mol. The third-order valence-electron chi connectivity index (χ3n) is 3.81. The molecule has 0 amide bonds. The lowest BCUT2D eigenvalue weighted by Gasteiger charge is -2.16. The zero-order valence-corrected chi connectivity index (χ0v) is 11.6. The first kappa shape index (κ1) is 15.2. The standard InChI is InChI=1S/C14H21BN2O3/c1-10(11-5-3-2-4-6-11)16-9-13(18)12-7-8-14(17-12)15(19)20/h2-6,10,12,14,16-17,19-20H,7-9H2,1H3/t10-,12?,14-/m1/s1. The Morgan fingerprint density at radius 3 is 2.70 bits per heavy atom. The summed E-state index contributed by atoms with van der Waals surface area (Å²) in [6, 6.07) is 9.78. The molecule has 0 bridgehead atoms. The summed E-state index contributed by atoms with van der Waals surface area (Å²) in [5.74, 6) is -0.327. The van der Waals surface area contributed by atoms with Crippen molar-refractivity contribution in [1.82, 2.24) is 10.6 Å². The van der Waals surface area contributed by atoms with E-state index < -0.39 is 13.1 Å². The summed E-state index contributed by atoms with van der Waals surface area (Å²) in [4.78, 5) is 12.1. The molecule has 0 aliphatic carbocycles. The van der Waals surface area contributed by atoms with Gasteiger partial charge >= 0.3 is 7.12 Å². The van der Waals surface area contributed by atoms with Crippen molar-refractivity contribution in [1.29, 1.82) is 0 Å². The maximum Gasteiger partial charge on any atom is 0.469 e. The first-order valence-corrected chi connectivity index (χ1v) is 7.01. The van der Waals surface area contributed by atoms with Gasteiger partial charge in [0.2, 0.25) is 0 Å². The van der Waals surface area contributed by atoms with Crippen LogP contribution in [-0.4, -0.2) is 41.5 Å². The van der Waals surface area contributed by atoms with Gasteiger partial charge in [-0.2, -0.15) is 0 Å². The molecule has 1 aromatic rings. The smallest absolute Gasteiger partial charge is 0.426 e. The van der Waals surface area contributed by atoms with Crippen molar-refractivity contribution in [3.63, 3.8) is 0 Å². The quantitative estimate of drug-likeness (QED) is 0.552. The first-order chi connectivity index (χ1) is 9.58. The van der Waals surface area contributed by atoms with Crippen LogP contribution in [-0.2, 0) is 4.79 Å². The summed E-state index contributed by atoms with van der Waals surface area (Å²) < 4.78 is 0. The monoisotopic (exact) mass is 276 g/mol. The highest BCUT2D eigenvalue weighted by Gasteiger charge is 2.34. The fourth-order valence-corrected chi connectivity index (χ4v) is 2.50. The van der Waals surface area contributed by atoms with E-state index in [0.717, 1.165) is 5.56 Å². The van der Waals surface area contributed by atoms with Crippen LogP contribution in [0.5, 0.6) is 0 Å². The molecule has 0 saturated carbocycles. The molecule has 1 aromatic carbocycles. The maximum atomic E-state index is 12.1. The van der Waals surface area contributed by atoms with Gasteiger partial charge in [0, 0.05) is 12.0 Å². The lowest BCUT2D eigenvalue weighted by Crippen LogP contribution is -2.46. The van der Waals surface area contributed by atoms with Crippen molar-refractivity contribution in [2.24, 2.45) is 0 Å². The van der Waals surface area contributed by atoms with Crippen molar-refractivity contribution < 1.29 is 14.8 Å². The van der Waals surface area contributed by atoms with Gasteiger partial charge in [-0.3, -0.25) is 4.79 Å². The fourth-order valence-electron chi connectivity index (χ4n) is 2.50. The van der Waals surface area contributed by atoms with E-state index in [1.807, 2.05) is 37.3 Å². The van der Waals surface area contributed by atoms with Gasteiger partial charge in [-0.25, -0.2) is 0 Å². The molecule has 3 atom stereocenters. The summed E-state index contributed by atoms with van der Waals surface area (Å²) in [5, 5.41) is 24.3. The molecule has 1 fully saturated rings. The van der Waals surface area contributed by atoms with Crippen molar-refractivity contribution in [2.45, 2.75) is 37.8 Å². The van der Waals surface area contributed by atoms with Gasteiger partial charge in [-0.15, -0.1) is 0 Å². The molecule has 6 heteroatoms. The number of carbonyl (C=O) groups is 1. The Bertz CT molecular complexity index is 441. The highest BCUT2D eigenvalue weighted by atomic mass is 16.4. The first-order valence-electron chi connectivity index (χ1n) is 7.01. The Hall–Kier alpha value is -1.21. The van der Waals surface area contributed by atoms with Gasteiger partial charge in [0.25, 0.3) is 0 Å². The molecule has 0 aromatic heterocycles. The van der Waals surface area contributed by atoms with Crippen LogP contribution in [0, 0.1) is 0 Å². The number of benzene rings is 1. The van der Waals surface area contributed by atoms with Crippen LogP contribution >= 0.6 is 0 Å². The molecule has 1 saturated heterocycles. The normalized spacial score (nSPS) is 23.6. The van der Waals surface area contributed by atoms with Crippen molar-refractivity contribution in [3.8, 4) is 0 Å². The molecule has 1 aliphatic heterocycles. The fraction of sp³-hybridized carbons (Fsp3) is 0.500. The van der Waals surface area contributed by atoms with Gasteiger partial charge in [0.1, 0.15) is 0 Å². The van der Waals surface area contributed by atoms with Crippen molar-refractivity contribution in [2.75, 3.05) is 6.54 Å². The number of Topliss-reactive ketones (excluding diaryl/α,β-unsaturated/α-hetero) is 1. The van der Waals surface area contributed by atoms with Gasteiger partial charge in [-0.1, -0.05) is 30.3 Å².